The molecule has 5 heteroatoms. The molecular weight excluding hydrogens is 252 g/mol. The van der Waals surface area contributed by atoms with Crippen LogP contribution >= 0.6 is 0 Å². The molecule has 2 rings (SSSR count). The van der Waals surface area contributed by atoms with Gasteiger partial charge in [0.2, 0.25) is 0 Å². The monoisotopic (exact) mass is 274 g/mol. The Kier molecular flexibility index (Phi) is 3.97. The minimum absolute atomic E-state index is 0.0845. The summed E-state index contributed by atoms with van der Waals surface area (Å²) in [4.78, 5) is 0. The Morgan fingerprint density at radius 1 is 1.20 bits per heavy atom. The fourth-order valence-corrected chi connectivity index (χ4v) is 2.24. The van der Waals surface area contributed by atoms with E-state index in [9.17, 15) is 0 Å². The fraction of sp³-hybridized carbons (Fsp3) is 0.467. The van der Waals surface area contributed by atoms with E-state index in [2.05, 4.69) is 31.1 Å². The molecule has 1 aromatic heterocycles. The zero-order valence-electron chi connectivity index (χ0n) is 12.6. The number of benzene rings is 1. The number of rotatable bonds is 4. The molecule has 0 atom stereocenters. The number of nitrogen functional groups attached to an aromatic ring is 1. The summed E-state index contributed by atoms with van der Waals surface area (Å²) in [6, 6.07) is 8.01. The standard InChI is InChI=1S/C15H22N4O/c1-5-20-12-8-6-11(7-9-12)10-19-13(15(2,3)4)14(16)17-18-19/h6-9H,5,10,16H2,1-4H3. The first-order valence-electron chi connectivity index (χ1n) is 6.83. The van der Waals surface area contributed by atoms with Gasteiger partial charge >= 0.3 is 0 Å². The van der Waals surface area contributed by atoms with Gasteiger partial charge in [-0.2, -0.15) is 0 Å². The number of nitrogens with zero attached hydrogens (tertiary/aromatic N) is 3. The maximum absolute atomic E-state index is 5.93. The molecular formula is C15H22N4O. The number of hydrogen-bond donors (Lipinski definition) is 1. The zero-order chi connectivity index (χ0) is 14.8. The summed E-state index contributed by atoms with van der Waals surface area (Å²) in [5.74, 6) is 1.38. The van der Waals surface area contributed by atoms with Crippen molar-refractivity contribution in [1.82, 2.24) is 15.0 Å². The molecule has 2 aromatic rings. The van der Waals surface area contributed by atoms with Crippen LogP contribution in [0.3, 0.4) is 0 Å². The summed E-state index contributed by atoms with van der Waals surface area (Å²) in [5.41, 5.74) is 7.95. The van der Waals surface area contributed by atoms with E-state index in [1.165, 1.54) is 0 Å². The van der Waals surface area contributed by atoms with Crippen LogP contribution in [0.2, 0.25) is 0 Å². The van der Waals surface area contributed by atoms with Gasteiger partial charge in [-0.05, 0) is 24.6 Å². The SMILES string of the molecule is CCOc1ccc(Cn2nnc(N)c2C(C)(C)C)cc1. The van der Waals surface area contributed by atoms with E-state index in [1.807, 2.05) is 35.9 Å². The van der Waals surface area contributed by atoms with E-state index in [1.54, 1.807) is 0 Å². The van der Waals surface area contributed by atoms with Crippen LogP contribution in [0.25, 0.3) is 0 Å². The van der Waals surface area contributed by atoms with Crippen molar-refractivity contribution in [1.29, 1.82) is 0 Å². The highest BCUT2D eigenvalue weighted by Crippen LogP contribution is 2.26. The fourth-order valence-electron chi connectivity index (χ4n) is 2.24. The lowest BCUT2D eigenvalue weighted by Gasteiger charge is -2.20. The van der Waals surface area contributed by atoms with Crippen LogP contribution in [0.1, 0.15) is 39.0 Å². The lowest BCUT2D eigenvalue weighted by atomic mass is 9.92. The van der Waals surface area contributed by atoms with Crippen molar-refractivity contribution in [3.05, 3.63) is 35.5 Å². The minimum atomic E-state index is -0.0845. The topological polar surface area (TPSA) is 66.0 Å². The second-order valence-electron chi connectivity index (χ2n) is 5.81. The zero-order valence-corrected chi connectivity index (χ0v) is 12.6. The van der Waals surface area contributed by atoms with Crippen molar-refractivity contribution in [2.24, 2.45) is 0 Å². The summed E-state index contributed by atoms with van der Waals surface area (Å²) >= 11 is 0. The summed E-state index contributed by atoms with van der Waals surface area (Å²) < 4.78 is 7.30. The van der Waals surface area contributed by atoms with Crippen LogP contribution in [-0.4, -0.2) is 21.6 Å². The molecule has 0 fully saturated rings. The third-order valence-corrected chi connectivity index (χ3v) is 3.04. The average Bonchev–Trinajstić information content (AvgIpc) is 2.73. The average molecular weight is 274 g/mol. The molecule has 5 nitrogen and oxygen atoms in total. The van der Waals surface area contributed by atoms with Crippen molar-refractivity contribution in [2.75, 3.05) is 12.3 Å². The molecule has 1 heterocycles. The number of anilines is 1. The molecule has 2 N–H and O–H groups in total. The molecule has 1 aromatic carbocycles. The molecule has 0 saturated heterocycles. The summed E-state index contributed by atoms with van der Waals surface area (Å²) in [7, 11) is 0. The predicted octanol–water partition coefficient (Wildman–Crippen LogP) is 2.60. The molecule has 0 radical (unpaired) electrons. The van der Waals surface area contributed by atoms with E-state index < -0.39 is 0 Å². The highest BCUT2D eigenvalue weighted by Gasteiger charge is 2.23. The van der Waals surface area contributed by atoms with E-state index in [-0.39, 0.29) is 5.41 Å². The molecule has 0 bridgehead atoms. The van der Waals surface area contributed by atoms with Crippen LogP contribution in [0.5, 0.6) is 5.75 Å². The highest BCUT2D eigenvalue weighted by atomic mass is 16.5. The van der Waals surface area contributed by atoms with Crippen LogP contribution < -0.4 is 10.5 Å². The van der Waals surface area contributed by atoms with Gasteiger partial charge in [-0.15, -0.1) is 5.10 Å². The van der Waals surface area contributed by atoms with E-state index in [0.29, 0.717) is 19.0 Å². The van der Waals surface area contributed by atoms with Crippen molar-refractivity contribution >= 4 is 5.82 Å². The molecule has 0 aliphatic heterocycles. The van der Waals surface area contributed by atoms with Crippen LogP contribution in [0, 0.1) is 0 Å². The Bertz CT molecular complexity index is 567. The Morgan fingerprint density at radius 2 is 1.85 bits per heavy atom. The first kappa shape index (κ1) is 14.4. The van der Waals surface area contributed by atoms with E-state index in [0.717, 1.165) is 17.0 Å². The van der Waals surface area contributed by atoms with Gasteiger partial charge < -0.3 is 10.5 Å². The molecule has 0 aliphatic rings. The largest absolute Gasteiger partial charge is 0.494 e. The Hall–Kier alpha value is -2.04. The lowest BCUT2D eigenvalue weighted by molar-refractivity contribution is 0.340. The first-order chi connectivity index (χ1) is 9.41. The van der Waals surface area contributed by atoms with Gasteiger partial charge in [0.1, 0.15) is 5.75 Å². The van der Waals surface area contributed by atoms with Gasteiger partial charge in [0, 0.05) is 5.41 Å². The summed E-state index contributed by atoms with van der Waals surface area (Å²) in [5, 5.41) is 8.14. The smallest absolute Gasteiger partial charge is 0.169 e. The van der Waals surface area contributed by atoms with Crippen LogP contribution in [-0.2, 0) is 12.0 Å². The van der Waals surface area contributed by atoms with Gasteiger partial charge in [0.05, 0.1) is 18.8 Å². The number of hydrogen-bond acceptors (Lipinski definition) is 4. The van der Waals surface area contributed by atoms with Crippen molar-refractivity contribution in [2.45, 2.75) is 39.7 Å². The molecule has 0 aliphatic carbocycles. The highest BCUT2D eigenvalue weighted by molar-refractivity contribution is 5.38. The van der Waals surface area contributed by atoms with Crippen LogP contribution in [0.4, 0.5) is 5.82 Å². The Balaban J connectivity index is 2.22. The predicted molar refractivity (Wildman–Crippen MR) is 79.8 cm³/mol. The van der Waals surface area contributed by atoms with Crippen molar-refractivity contribution in [3.8, 4) is 5.75 Å². The second-order valence-corrected chi connectivity index (χ2v) is 5.81. The molecule has 0 amide bonds. The quantitative estimate of drug-likeness (QED) is 0.930. The second kappa shape index (κ2) is 5.53. The number of ether oxygens (including phenoxy) is 1. The molecule has 108 valence electrons. The van der Waals surface area contributed by atoms with Gasteiger partial charge in [0.25, 0.3) is 0 Å². The number of aromatic nitrogens is 3. The third kappa shape index (κ3) is 3.10. The van der Waals surface area contributed by atoms with Gasteiger partial charge in [-0.3, -0.25) is 0 Å². The molecule has 20 heavy (non-hydrogen) atoms. The molecule has 0 spiro atoms. The first-order valence-corrected chi connectivity index (χ1v) is 6.83. The maximum Gasteiger partial charge on any atom is 0.169 e. The molecule has 0 unspecified atom stereocenters. The minimum Gasteiger partial charge on any atom is -0.494 e. The van der Waals surface area contributed by atoms with Crippen molar-refractivity contribution < 1.29 is 4.74 Å². The summed E-state index contributed by atoms with van der Waals surface area (Å²) in [6.07, 6.45) is 0. The van der Waals surface area contributed by atoms with Gasteiger partial charge in [-0.25, -0.2) is 4.68 Å². The van der Waals surface area contributed by atoms with E-state index in [4.69, 9.17) is 10.5 Å². The third-order valence-electron chi connectivity index (χ3n) is 3.04. The Morgan fingerprint density at radius 3 is 2.40 bits per heavy atom. The van der Waals surface area contributed by atoms with Gasteiger partial charge in [-0.1, -0.05) is 38.1 Å². The van der Waals surface area contributed by atoms with Crippen LogP contribution in [0.15, 0.2) is 24.3 Å². The van der Waals surface area contributed by atoms with E-state index >= 15 is 0 Å². The molecule has 0 saturated carbocycles. The van der Waals surface area contributed by atoms with Crippen molar-refractivity contribution in [3.63, 3.8) is 0 Å². The Labute approximate surface area is 119 Å². The summed E-state index contributed by atoms with van der Waals surface area (Å²) in [6.45, 7) is 9.63. The number of nitrogens with two attached hydrogens (primary N) is 1. The normalized spacial score (nSPS) is 11.6. The maximum atomic E-state index is 5.93. The lowest BCUT2D eigenvalue weighted by Crippen LogP contribution is -2.20. The van der Waals surface area contributed by atoms with Gasteiger partial charge in [0.15, 0.2) is 5.82 Å².